The van der Waals surface area contributed by atoms with Gasteiger partial charge in [0.25, 0.3) is 0 Å². The summed E-state index contributed by atoms with van der Waals surface area (Å²) in [5, 5.41) is 9.25. The molecule has 0 radical (unpaired) electrons. The zero-order valence-corrected chi connectivity index (χ0v) is 7.89. The Bertz CT molecular complexity index is 243. The van der Waals surface area contributed by atoms with Crippen LogP contribution in [0.1, 0.15) is 31.7 Å². The maximum atomic E-state index is 9.25. The summed E-state index contributed by atoms with van der Waals surface area (Å²) in [4.78, 5) is 0. The molecule has 1 fully saturated rings. The first-order valence-corrected chi connectivity index (χ1v) is 5.15. The average Bonchev–Trinajstić information content (AvgIpc) is 2.70. The molecule has 0 aromatic carbocycles. The molecule has 0 saturated heterocycles. The van der Waals surface area contributed by atoms with E-state index in [0.717, 1.165) is 0 Å². The predicted molar refractivity (Wildman–Crippen MR) is 52.5 cm³/mol. The minimum absolute atomic E-state index is 0.336. The van der Waals surface area contributed by atoms with Crippen molar-refractivity contribution in [3.8, 4) is 0 Å². The number of aliphatic hydroxyl groups is 1. The van der Waals surface area contributed by atoms with Crippen molar-refractivity contribution in [1.82, 2.24) is 4.57 Å². The van der Waals surface area contributed by atoms with Crippen LogP contribution in [0.25, 0.3) is 0 Å². The van der Waals surface area contributed by atoms with Gasteiger partial charge in [0, 0.05) is 31.0 Å². The molecule has 0 aliphatic heterocycles. The Kier molecular flexibility index (Phi) is 2.69. The topological polar surface area (TPSA) is 25.2 Å². The highest BCUT2D eigenvalue weighted by Gasteiger charge is 2.24. The summed E-state index contributed by atoms with van der Waals surface area (Å²) in [7, 11) is 0. The number of aliphatic hydroxyl groups excluding tert-OH is 1. The third-order valence-electron chi connectivity index (χ3n) is 3.11. The molecule has 72 valence electrons. The molecular weight excluding hydrogens is 162 g/mol. The first-order chi connectivity index (χ1) is 6.42. The van der Waals surface area contributed by atoms with Gasteiger partial charge in [-0.25, -0.2) is 0 Å². The molecule has 2 atom stereocenters. The molecule has 2 heteroatoms. The zero-order chi connectivity index (χ0) is 9.10. The Morgan fingerprint density at radius 1 is 1.15 bits per heavy atom. The summed E-state index contributed by atoms with van der Waals surface area (Å²) in [6.45, 7) is 0.336. The van der Waals surface area contributed by atoms with Crippen LogP contribution in [-0.2, 0) is 0 Å². The molecule has 0 bridgehead atoms. The van der Waals surface area contributed by atoms with Crippen LogP contribution < -0.4 is 0 Å². The van der Waals surface area contributed by atoms with Crippen LogP contribution in [0.4, 0.5) is 0 Å². The third kappa shape index (κ3) is 1.78. The summed E-state index contributed by atoms with van der Waals surface area (Å²) >= 11 is 0. The molecular formula is C11H17NO. The summed E-state index contributed by atoms with van der Waals surface area (Å²) in [5.74, 6) is 0.473. The van der Waals surface area contributed by atoms with Crippen LogP contribution >= 0.6 is 0 Å². The molecule has 13 heavy (non-hydrogen) atoms. The fourth-order valence-corrected chi connectivity index (χ4v) is 2.36. The second-order valence-corrected chi connectivity index (χ2v) is 3.92. The Hall–Kier alpha value is -0.760. The number of nitrogens with zero attached hydrogens (tertiary/aromatic N) is 1. The van der Waals surface area contributed by atoms with Crippen LogP contribution in [0.3, 0.4) is 0 Å². The molecule has 2 unspecified atom stereocenters. The lowest BCUT2D eigenvalue weighted by atomic mass is 9.85. The molecule has 0 amide bonds. The Morgan fingerprint density at radius 3 is 2.54 bits per heavy atom. The summed E-state index contributed by atoms with van der Waals surface area (Å²) < 4.78 is 2.25. The van der Waals surface area contributed by atoms with Crippen molar-refractivity contribution < 1.29 is 5.11 Å². The van der Waals surface area contributed by atoms with Crippen LogP contribution in [0, 0.1) is 5.92 Å². The summed E-state index contributed by atoms with van der Waals surface area (Å²) in [6.07, 6.45) is 9.21. The van der Waals surface area contributed by atoms with Gasteiger partial charge in [-0.1, -0.05) is 12.8 Å². The van der Waals surface area contributed by atoms with Crippen LogP contribution in [0.5, 0.6) is 0 Å². The van der Waals surface area contributed by atoms with Gasteiger partial charge in [0.05, 0.1) is 0 Å². The molecule has 1 aromatic heterocycles. The molecule has 1 saturated carbocycles. The number of aromatic nitrogens is 1. The normalized spacial score (nSPS) is 29.0. The average molecular weight is 179 g/mol. The molecule has 1 aromatic rings. The van der Waals surface area contributed by atoms with Crippen LogP contribution in [-0.4, -0.2) is 16.3 Å². The lowest BCUT2D eigenvalue weighted by Crippen LogP contribution is -2.24. The number of rotatable bonds is 2. The van der Waals surface area contributed by atoms with Crippen LogP contribution in [0.2, 0.25) is 0 Å². The largest absolute Gasteiger partial charge is 0.396 e. The SMILES string of the molecule is OCC1CCCCC1n1cccc1. The highest BCUT2D eigenvalue weighted by molar-refractivity contribution is 4.95. The van der Waals surface area contributed by atoms with Crippen molar-refractivity contribution in [1.29, 1.82) is 0 Å². The predicted octanol–water partition coefficient (Wildman–Crippen LogP) is 2.21. The monoisotopic (exact) mass is 179 g/mol. The lowest BCUT2D eigenvalue weighted by Gasteiger charge is -2.31. The molecule has 0 spiro atoms. The van der Waals surface area contributed by atoms with Gasteiger partial charge in [-0.3, -0.25) is 0 Å². The van der Waals surface area contributed by atoms with Gasteiger partial charge in [0.2, 0.25) is 0 Å². The van der Waals surface area contributed by atoms with E-state index < -0.39 is 0 Å². The maximum Gasteiger partial charge on any atom is 0.0479 e. The maximum absolute atomic E-state index is 9.25. The van der Waals surface area contributed by atoms with E-state index in [-0.39, 0.29) is 0 Å². The minimum atomic E-state index is 0.336. The Labute approximate surface area is 79.2 Å². The van der Waals surface area contributed by atoms with Gasteiger partial charge in [0.1, 0.15) is 0 Å². The second-order valence-electron chi connectivity index (χ2n) is 3.92. The zero-order valence-electron chi connectivity index (χ0n) is 7.89. The lowest BCUT2D eigenvalue weighted by molar-refractivity contribution is 0.139. The van der Waals surface area contributed by atoms with E-state index in [9.17, 15) is 5.11 Å². The Morgan fingerprint density at radius 2 is 1.85 bits per heavy atom. The van der Waals surface area contributed by atoms with Crippen molar-refractivity contribution in [2.45, 2.75) is 31.7 Å². The molecule has 1 heterocycles. The van der Waals surface area contributed by atoms with E-state index >= 15 is 0 Å². The summed E-state index contributed by atoms with van der Waals surface area (Å²) in [6, 6.07) is 4.65. The van der Waals surface area contributed by atoms with Gasteiger partial charge < -0.3 is 9.67 Å². The van der Waals surface area contributed by atoms with Crippen molar-refractivity contribution in [2.75, 3.05) is 6.61 Å². The van der Waals surface area contributed by atoms with E-state index in [2.05, 4.69) is 29.1 Å². The molecule has 2 rings (SSSR count). The van der Waals surface area contributed by atoms with E-state index in [1.54, 1.807) is 0 Å². The Balaban J connectivity index is 2.11. The van der Waals surface area contributed by atoms with E-state index in [4.69, 9.17) is 0 Å². The van der Waals surface area contributed by atoms with Crippen LogP contribution in [0.15, 0.2) is 24.5 Å². The van der Waals surface area contributed by atoms with Crippen molar-refractivity contribution in [2.24, 2.45) is 5.92 Å². The first-order valence-electron chi connectivity index (χ1n) is 5.15. The molecule has 1 aliphatic carbocycles. The highest BCUT2D eigenvalue weighted by atomic mass is 16.3. The summed E-state index contributed by atoms with van der Waals surface area (Å²) in [5.41, 5.74) is 0. The smallest absolute Gasteiger partial charge is 0.0479 e. The van der Waals surface area contributed by atoms with Gasteiger partial charge in [-0.2, -0.15) is 0 Å². The molecule has 1 N–H and O–H groups in total. The van der Waals surface area contributed by atoms with E-state index in [1.807, 2.05) is 0 Å². The fraction of sp³-hybridized carbons (Fsp3) is 0.636. The number of hydrogen-bond donors (Lipinski definition) is 1. The third-order valence-corrected chi connectivity index (χ3v) is 3.11. The van der Waals surface area contributed by atoms with Crippen molar-refractivity contribution in [3.63, 3.8) is 0 Å². The van der Waals surface area contributed by atoms with E-state index in [0.29, 0.717) is 18.6 Å². The quantitative estimate of drug-likeness (QED) is 0.739. The minimum Gasteiger partial charge on any atom is -0.396 e. The van der Waals surface area contributed by atoms with Crippen molar-refractivity contribution >= 4 is 0 Å². The van der Waals surface area contributed by atoms with Crippen molar-refractivity contribution in [3.05, 3.63) is 24.5 Å². The molecule has 1 aliphatic rings. The van der Waals surface area contributed by atoms with Gasteiger partial charge in [0.15, 0.2) is 0 Å². The second kappa shape index (κ2) is 3.97. The standard InChI is InChI=1S/C11H17NO/c13-9-10-5-1-2-6-11(10)12-7-3-4-8-12/h3-4,7-8,10-11,13H,1-2,5-6,9H2. The first kappa shape index (κ1) is 8.82. The van der Waals surface area contributed by atoms with E-state index in [1.165, 1.54) is 25.7 Å². The molecule has 2 nitrogen and oxygen atoms in total. The van der Waals surface area contributed by atoms with Gasteiger partial charge in [-0.05, 0) is 25.0 Å². The fourth-order valence-electron chi connectivity index (χ4n) is 2.36. The van der Waals surface area contributed by atoms with Gasteiger partial charge >= 0.3 is 0 Å². The van der Waals surface area contributed by atoms with Gasteiger partial charge in [-0.15, -0.1) is 0 Å². The number of hydrogen-bond acceptors (Lipinski definition) is 1. The highest BCUT2D eigenvalue weighted by Crippen LogP contribution is 2.33.